The molecule has 11 heteroatoms. The Kier molecular flexibility index (Phi) is 8.05. The Labute approximate surface area is 180 Å². The van der Waals surface area contributed by atoms with Crippen molar-refractivity contribution in [1.29, 1.82) is 0 Å². The molecule has 1 aromatic heterocycles. The van der Waals surface area contributed by atoms with Crippen LogP contribution in [0.15, 0.2) is 6.20 Å². The van der Waals surface area contributed by atoms with Crippen molar-refractivity contribution < 1.29 is 13.2 Å². The molecule has 30 heavy (non-hydrogen) atoms. The number of hydrogen-bond acceptors (Lipinski definition) is 8. The molecule has 0 aromatic carbocycles. The van der Waals surface area contributed by atoms with Gasteiger partial charge >= 0.3 is 6.18 Å². The van der Waals surface area contributed by atoms with Crippen molar-refractivity contribution in [3.63, 3.8) is 0 Å². The number of rotatable bonds is 11. The lowest BCUT2D eigenvalue weighted by Crippen LogP contribution is -2.45. The molecule has 0 atom stereocenters. The summed E-state index contributed by atoms with van der Waals surface area (Å²) in [6.45, 7) is 5.64. The second kappa shape index (κ2) is 10.3. The molecular formula is C19H32F3N7S. The van der Waals surface area contributed by atoms with Gasteiger partial charge in [0.05, 0.1) is 0 Å². The normalized spacial score (nSPS) is 19.6. The molecule has 2 fully saturated rings. The van der Waals surface area contributed by atoms with Crippen molar-refractivity contribution in [2.45, 2.75) is 43.8 Å². The molecule has 1 aromatic rings. The molecule has 0 unspecified atom stereocenters. The van der Waals surface area contributed by atoms with Gasteiger partial charge in [0.15, 0.2) is 0 Å². The number of nitrogens with one attached hydrogen (secondary N) is 2. The molecular weight excluding hydrogens is 415 g/mol. The Balaban J connectivity index is 1.58. The fourth-order valence-electron chi connectivity index (χ4n) is 3.57. The molecule has 2 heterocycles. The third kappa shape index (κ3) is 6.86. The minimum absolute atomic E-state index is 0.0985. The van der Waals surface area contributed by atoms with Gasteiger partial charge in [-0.15, -0.1) is 0 Å². The minimum atomic E-state index is -4.49. The number of unbranched alkanes of at least 4 members (excludes halogenated alkanes) is 1. The van der Waals surface area contributed by atoms with E-state index in [-0.39, 0.29) is 17.3 Å². The highest BCUT2D eigenvalue weighted by atomic mass is 32.2. The average molecular weight is 448 g/mol. The van der Waals surface area contributed by atoms with Gasteiger partial charge < -0.3 is 20.4 Å². The molecule has 1 aliphatic heterocycles. The number of aromatic nitrogens is 2. The van der Waals surface area contributed by atoms with E-state index >= 15 is 0 Å². The van der Waals surface area contributed by atoms with Crippen LogP contribution in [0.3, 0.4) is 0 Å². The van der Waals surface area contributed by atoms with Gasteiger partial charge in [0, 0.05) is 56.8 Å². The van der Waals surface area contributed by atoms with E-state index in [1.807, 2.05) is 0 Å². The summed E-state index contributed by atoms with van der Waals surface area (Å²) < 4.78 is 40.0. The third-order valence-electron chi connectivity index (χ3n) is 5.81. The van der Waals surface area contributed by atoms with Crippen molar-refractivity contribution in [2.24, 2.45) is 5.14 Å². The van der Waals surface area contributed by atoms with Crippen LogP contribution in [0.5, 0.6) is 0 Å². The zero-order chi connectivity index (χ0) is 21.6. The molecule has 2 aliphatic rings. The van der Waals surface area contributed by atoms with E-state index < -0.39 is 11.7 Å². The summed E-state index contributed by atoms with van der Waals surface area (Å²) in [6, 6.07) is 0. The van der Waals surface area contributed by atoms with Crippen LogP contribution in [0, 0.1) is 0 Å². The number of likely N-dealkylation sites (N-methyl/N-ethyl adjacent to an activating group) is 1. The summed E-state index contributed by atoms with van der Waals surface area (Å²) in [5.74, 6) is 0.884. The number of halogens is 3. The number of alkyl halides is 3. The van der Waals surface area contributed by atoms with E-state index in [1.165, 1.54) is 11.9 Å². The van der Waals surface area contributed by atoms with Gasteiger partial charge in [0.2, 0.25) is 5.95 Å². The van der Waals surface area contributed by atoms with Crippen LogP contribution in [-0.2, 0) is 6.18 Å². The monoisotopic (exact) mass is 447 g/mol. The molecule has 170 valence electrons. The van der Waals surface area contributed by atoms with Crippen LogP contribution >= 0.6 is 11.9 Å². The van der Waals surface area contributed by atoms with Crippen molar-refractivity contribution in [3.8, 4) is 0 Å². The lowest BCUT2D eigenvalue weighted by Gasteiger charge is -2.33. The number of piperazine rings is 1. The van der Waals surface area contributed by atoms with E-state index in [1.54, 1.807) is 0 Å². The summed E-state index contributed by atoms with van der Waals surface area (Å²) in [5.41, 5.74) is -0.929. The predicted molar refractivity (Wildman–Crippen MR) is 116 cm³/mol. The molecule has 0 radical (unpaired) electrons. The van der Waals surface area contributed by atoms with Crippen molar-refractivity contribution >= 4 is 23.7 Å². The molecule has 1 saturated carbocycles. The lowest BCUT2D eigenvalue weighted by atomic mass is 10.1. The van der Waals surface area contributed by atoms with Crippen LogP contribution in [-0.4, -0.2) is 77.4 Å². The summed E-state index contributed by atoms with van der Waals surface area (Å²) in [5, 5.41) is 11.5. The van der Waals surface area contributed by atoms with E-state index in [0.717, 1.165) is 76.8 Å². The quantitative estimate of drug-likeness (QED) is 0.353. The summed E-state index contributed by atoms with van der Waals surface area (Å²) in [6.07, 6.45) is 0.872. The molecule has 1 aliphatic carbocycles. The van der Waals surface area contributed by atoms with E-state index in [2.05, 4.69) is 37.4 Å². The first-order valence-corrected chi connectivity index (χ1v) is 11.6. The zero-order valence-corrected chi connectivity index (χ0v) is 18.3. The standard InChI is InChI=1S/C19H32F3N7S/c1-28-9-11-29(12-10-28)8-6-18(4-5-18)27-17-25-14-15(19(20,21)22)16(26-17)24-7-2-3-13-30-23/h14H,2-13,23H2,1H3,(H2,24,25,26,27). The summed E-state index contributed by atoms with van der Waals surface area (Å²) in [7, 11) is 2.13. The summed E-state index contributed by atoms with van der Waals surface area (Å²) in [4.78, 5) is 12.9. The maximum Gasteiger partial charge on any atom is 0.421 e. The smallest absolute Gasteiger partial charge is 0.369 e. The van der Waals surface area contributed by atoms with Crippen LogP contribution in [0.2, 0.25) is 0 Å². The fourth-order valence-corrected chi connectivity index (χ4v) is 3.94. The van der Waals surface area contributed by atoms with Crippen molar-refractivity contribution in [3.05, 3.63) is 11.8 Å². The average Bonchev–Trinajstić information content (AvgIpc) is 3.46. The highest BCUT2D eigenvalue weighted by Crippen LogP contribution is 2.42. The van der Waals surface area contributed by atoms with Crippen LogP contribution in [0.1, 0.15) is 37.7 Å². The Morgan fingerprint density at radius 3 is 2.57 bits per heavy atom. The maximum atomic E-state index is 13.3. The molecule has 0 spiro atoms. The van der Waals surface area contributed by atoms with Gasteiger partial charge in [0.25, 0.3) is 0 Å². The number of hydrogen-bond donors (Lipinski definition) is 3. The zero-order valence-electron chi connectivity index (χ0n) is 17.5. The largest absolute Gasteiger partial charge is 0.421 e. The Morgan fingerprint density at radius 1 is 1.20 bits per heavy atom. The molecule has 7 nitrogen and oxygen atoms in total. The predicted octanol–water partition coefficient (Wildman–Crippen LogP) is 2.88. The lowest BCUT2D eigenvalue weighted by molar-refractivity contribution is -0.137. The van der Waals surface area contributed by atoms with Crippen molar-refractivity contribution in [2.75, 3.05) is 62.7 Å². The van der Waals surface area contributed by atoms with Gasteiger partial charge in [-0.3, -0.25) is 5.14 Å². The van der Waals surface area contributed by atoms with Gasteiger partial charge in [-0.05, 0) is 39.2 Å². The molecule has 0 amide bonds. The van der Waals surface area contributed by atoms with Crippen LogP contribution in [0.25, 0.3) is 0 Å². The number of anilines is 2. The van der Waals surface area contributed by atoms with E-state index in [0.29, 0.717) is 6.54 Å². The first-order valence-electron chi connectivity index (χ1n) is 10.5. The second-order valence-corrected chi connectivity index (χ2v) is 9.00. The van der Waals surface area contributed by atoms with Gasteiger partial charge in [0.1, 0.15) is 11.4 Å². The summed E-state index contributed by atoms with van der Waals surface area (Å²) >= 11 is 1.24. The SMILES string of the molecule is CN1CCN(CCC2(Nc3ncc(C(F)(F)F)c(NCCCCSN)n3)CC2)CC1. The highest BCUT2D eigenvalue weighted by Gasteiger charge is 2.43. The van der Waals surface area contributed by atoms with Gasteiger partial charge in [-0.2, -0.15) is 18.2 Å². The van der Waals surface area contributed by atoms with Gasteiger partial charge in [-0.25, -0.2) is 4.98 Å². The molecule has 3 rings (SSSR count). The Morgan fingerprint density at radius 2 is 1.93 bits per heavy atom. The fraction of sp³-hybridized carbons (Fsp3) is 0.789. The first-order chi connectivity index (χ1) is 14.3. The third-order valence-corrected chi connectivity index (χ3v) is 6.33. The molecule has 0 bridgehead atoms. The minimum Gasteiger partial charge on any atom is -0.369 e. The second-order valence-electron chi connectivity index (χ2n) is 8.26. The first kappa shape index (κ1) is 23.4. The number of nitrogens with two attached hydrogens (primary N) is 1. The van der Waals surface area contributed by atoms with E-state index in [9.17, 15) is 13.2 Å². The Bertz CT molecular complexity index is 677. The molecule has 4 N–H and O–H groups in total. The topological polar surface area (TPSA) is 82.3 Å². The maximum absolute atomic E-state index is 13.3. The van der Waals surface area contributed by atoms with Crippen molar-refractivity contribution in [1.82, 2.24) is 19.8 Å². The van der Waals surface area contributed by atoms with E-state index in [4.69, 9.17) is 5.14 Å². The van der Waals surface area contributed by atoms with Gasteiger partial charge in [-0.1, -0.05) is 11.9 Å². The highest BCUT2D eigenvalue weighted by molar-refractivity contribution is 7.97. The van der Waals surface area contributed by atoms with Crippen LogP contribution < -0.4 is 15.8 Å². The van der Waals surface area contributed by atoms with Crippen LogP contribution in [0.4, 0.5) is 24.9 Å². The molecule has 1 saturated heterocycles. The Hall–Kier alpha value is -1.30. The number of nitrogens with zero attached hydrogens (tertiary/aromatic N) is 4.